The standard InChI is InChI=1S/C13H14F3N/c14-13(15,16)12-6-9(7-17-8-12)5-10-3-1-2-4-11(10)12/h1-4,9,17H,5-8H2. The summed E-state index contributed by atoms with van der Waals surface area (Å²) in [4.78, 5) is 0. The van der Waals surface area contributed by atoms with E-state index in [1.807, 2.05) is 12.1 Å². The molecule has 0 saturated carbocycles. The van der Waals surface area contributed by atoms with Crippen LogP contribution in [0.25, 0.3) is 0 Å². The lowest BCUT2D eigenvalue weighted by atomic mass is 9.63. The molecule has 1 fully saturated rings. The van der Waals surface area contributed by atoms with E-state index in [0.29, 0.717) is 12.1 Å². The molecule has 17 heavy (non-hydrogen) atoms. The molecule has 1 N–H and O–H groups in total. The van der Waals surface area contributed by atoms with Gasteiger partial charge in [0.1, 0.15) is 5.41 Å². The summed E-state index contributed by atoms with van der Waals surface area (Å²) in [5.74, 6) is 0.111. The van der Waals surface area contributed by atoms with E-state index in [4.69, 9.17) is 0 Å². The fourth-order valence-corrected chi connectivity index (χ4v) is 3.32. The third kappa shape index (κ3) is 1.50. The molecule has 1 saturated heterocycles. The summed E-state index contributed by atoms with van der Waals surface area (Å²) in [6.07, 6.45) is -3.17. The maximum atomic E-state index is 13.4. The number of rotatable bonds is 0. The van der Waals surface area contributed by atoms with Crippen molar-refractivity contribution in [3.8, 4) is 0 Å². The molecular formula is C13H14F3N. The molecule has 2 atom stereocenters. The lowest BCUT2D eigenvalue weighted by molar-refractivity contribution is -0.201. The van der Waals surface area contributed by atoms with Gasteiger partial charge in [-0.05, 0) is 36.4 Å². The van der Waals surface area contributed by atoms with E-state index in [-0.39, 0.29) is 18.9 Å². The minimum absolute atomic E-state index is 0.0179. The Hall–Kier alpha value is -1.03. The molecule has 2 unspecified atom stereocenters. The predicted octanol–water partition coefficient (Wildman–Crippen LogP) is 2.65. The van der Waals surface area contributed by atoms with E-state index in [0.717, 1.165) is 12.0 Å². The van der Waals surface area contributed by atoms with Crippen molar-refractivity contribution in [2.75, 3.05) is 13.1 Å². The Kier molecular flexibility index (Phi) is 2.27. The normalized spacial score (nSPS) is 32.1. The van der Waals surface area contributed by atoms with Crippen molar-refractivity contribution in [1.82, 2.24) is 5.32 Å². The van der Waals surface area contributed by atoms with Crippen molar-refractivity contribution >= 4 is 0 Å². The Morgan fingerprint density at radius 1 is 1.24 bits per heavy atom. The smallest absolute Gasteiger partial charge is 0.315 e. The highest BCUT2D eigenvalue weighted by Crippen LogP contribution is 2.51. The van der Waals surface area contributed by atoms with Crippen LogP contribution >= 0.6 is 0 Å². The van der Waals surface area contributed by atoms with Gasteiger partial charge in [-0.25, -0.2) is 0 Å². The van der Waals surface area contributed by atoms with Crippen molar-refractivity contribution in [1.29, 1.82) is 0 Å². The molecule has 3 rings (SSSR count). The molecule has 1 aromatic rings. The van der Waals surface area contributed by atoms with E-state index >= 15 is 0 Å². The highest BCUT2D eigenvalue weighted by molar-refractivity contribution is 5.40. The Balaban J connectivity index is 2.19. The molecule has 2 aliphatic rings. The summed E-state index contributed by atoms with van der Waals surface area (Å²) in [6, 6.07) is 7.03. The lowest BCUT2D eigenvalue weighted by Gasteiger charge is -2.47. The first-order valence-electron chi connectivity index (χ1n) is 5.89. The minimum atomic E-state index is -4.17. The topological polar surface area (TPSA) is 12.0 Å². The van der Waals surface area contributed by atoms with Gasteiger partial charge in [-0.1, -0.05) is 24.3 Å². The van der Waals surface area contributed by atoms with Gasteiger partial charge in [0.15, 0.2) is 0 Å². The molecule has 1 aromatic carbocycles. The molecule has 92 valence electrons. The SMILES string of the molecule is FC(F)(F)C12CNCC(Cc3ccccc31)C2. The van der Waals surface area contributed by atoms with Crippen LogP contribution in [0.2, 0.25) is 0 Å². The third-order valence-corrected chi connectivity index (χ3v) is 4.08. The summed E-state index contributed by atoms with van der Waals surface area (Å²) in [5.41, 5.74) is -0.302. The van der Waals surface area contributed by atoms with Gasteiger partial charge in [-0.3, -0.25) is 0 Å². The molecule has 4 heteroatoms. The summed E-state index contributed by atoms with van der Waals surface area (Å²) < 4.78 is 40.3. The van der Waals surface area contributed by atoms with Crippen LogP contribution in [0.3, 0.4) is 0 Å². The number of alkyl halides is 3. The highest BCUT2D eigenvalue weighted by Gasteiger charge is 2.59. The van der Waals surface area contributed by atoms with Gasteiger partial charge in [-0.15, -0.1) is 0 Å². The molecule has 0 aromatic heterocycles. The Morgan fingerprint density at radius 2 is 2.00 bits per heavy atom. The molecule has 1 aliphatic heterocycles. The largest absolute Gasteiger partial charge is 0.399 e. The summed E-state index contributed by atoms with van der Waals surface area (Å²) in [7, 11) is 0. The zero-order chi connectivity index (χ0) is 12.1. The van der Waals surface area contributed by atoms with Gasteiger partial charge in [0, 0.05) is 6.54 Å². The molecular weight excluding hydrogens is 227 g/mol. The van der Waals surface area contributed by atoms with Crippen LogP contribution in [-0.2, 0) is 11.8 Å². The van der Waals surface area contributed by atoms with E-state index in [1.165, 1.54) is 0 Å². The summed E-state index contributed by atoms with van der Waals surface area (Å²) in [6.45, 7) is 0.718. The highest BCUT2D eigenvalue weighted by atomic mass is 19.4. The zero-order valence-corrected chi connectivity index (χ0v) is 9.35. The molecule has 1 nitrogen and oxygen atoms in total. The summed E-state index contributed by atoms with van der Waals surface area (Å²) in [5, 5.41) is 2.96. The Morgan fingerprint density at radius 3 is 2.76 bits per heavy atom. The fraction of sp³-hybridized carbons (Fsp3) is 0.538. The second-order valence-electron chi connectivity index (χ2n) is 5.14. The molecule has 0 radical (unpaired) electrons. The van der Waals surface area contributed by atoms with Gasteiger partial charge < -0.3 is 5.32 Å². The van der Waals surface area contributed by atoms with Crippen LogP contribution < -0.4 is 5.32 Å². The quantitative estimate of drug-likeness (QED) is 0.736. The third-order valence-electron chi connectivity index (χ3n) is 4.08. The van der Waals surface area contributed by atoms with Crippen molar-refractivity contribution < 1.29 is 13.2 Å². The van der Waals surface area contributed by atoms with Crippen LogP contribution in [0, 0.1) is 5.92 Å². The first-order valence-corrected chi connectivity index (χ1v) is 5.89. The van der Waals surface area contributed by atoms with Gasteiger partial charge in [0.25, 0.3) is 0 Å². The van der Waals surface area contributed by atoms with Gasteiger partial charge >= 0.3 is 6.18 Å². The maximum Gasteiger partial charge on any atom is 0.399 e. The molecule has 0 amide bonds. The van der Waals surface area contributed by atoms with Gasteiger partial charge in [0.05, 0.1) is 0 Å². The Labute approximate surface area is 98.0 Å². The average Bonchev–Trinajstić information content (AvgIpc) is 2.28. The predicted molar refractivity (Wildman–Crippen MR) is 58.9 cm³/mol. The van der Waals surface area contributed by atoms with E-state index in [2.05, 4.69) is 5.32 Å². The number of fused-ring (bicyclic) bond motifs is 4. The van der Waals surface area contributed by atoms with Gasteiger partial charge in [0.2, 0.25) is 0 Å². The van der Waals surface area contributed by atoms with Crippen LogP contribution in [0.1, 0.15) is 17.5 Å². The number of piperidine rings is 1. The number of halogens is 3. The first-order chi connectivity index (χ1) is 8.03. The first kappa shape index (κ1) is 11.1. The molecule has 1 heterocycles. The second-order valence-corrected chi connectivity index (χ2v) is 5.14. The maximum absolute atomic E-state index is 13.4. The van der Waals surface area contributed by atoms with Gasteiger partial charge in [-0.2, -0.15) is 13.2 Å². The van der Waals surface area contributed by atoms with Crippen LogP contribution in [0.5, 0.6) is 0 Å². The fourth-order valence-electron chi connectivity index (χ4n) is 3.32. The Bertz CT molecular complexity index is 441. The van der Waals surface area contributed by atoms with Crippen LogP contribution in [0.4, 0.5) is 13.2 Å². The van der Waals surface area contributed by atoms with Crippen molar-refractivity contribution in [3.63, 3.8) is 0 Å². The molecule has 0 spiro atoms. The lowest BCUT2D eigenvalue weighted by Crippen LogP contribution is -2.58. The van der Waals surface area contributed by atoms with Crippen LogP contribution in [0.15, 0.2) is 24.3 Å². The summed E-state index contributed by atoms with van der Waals surface area (Å²) >= 11 is 0. The average molecular weight is 241 g/mol. The number of hydrogen-bond acceptors (Lipinski definition) is 1. The van der Waals surface area contributed by atoms with Crippen molar-refractivity contribution in [2.45, 2.75) is 24.4 Å². The van der Waals surface area contributed by atoms with Crippen LogP contribution in [-0.4, -0.2) is 19.3 Å². The number of benzene rings is 1. The number of nitrogens with one attached hydrogen (secondary N) is 1. The zero-order valence-electron chi connectivity index (χ0n) is 9.35. The number of hydrogen-bond donors (Lipinski definition) is 1. The molecule has 1 aliphatic carbocycles. The van der Waals surface area contributed by atoms with E-state index < -0.39 is 11.6 Å². The van der Waals surface area contributed by atoms with E-state index in [9.17, 15) is 13.2 Å². The monoisotopic (exact) mass is 241 g/mol. The van der Waals surface area contributed by atoms with Crippen molar-refractivity contribution in [3.05, 3.63) is 35.4 Å². The second kappa shape index (κ2) is 3.48. The minimum Gasteiger partial charge on any atom is -0.315 e. The molecule has 2 bridgehead atoms. The van der Waals surface area contributed by atoms with E-state index in [1.54, 1.807) is 12.1 Å². The van der Waals surface area contributed by atoms with Crippen molar-refractivity contribution in [2.24, 2.45) is 5.92 Å².